The maximum Gasteiger partial charge on any atom is 0.188 e. The molecule has 0 amide bonds. The number of benzene rings is 1. The van der Waals surface area contributed by atoms with Crippen molar-refractivity contribution in [3.8, 4) is 5.75 Å². The van der Waals surface area contributed by atoms with Crippen molar-refractivity contribution in [3.05, 3.63) is 83.6 Å². The molecule has 4 rings (SSSR count). The zero-order valence-electron chi connectivity index (χ0n) is 15.6. The Bertz CT molecular complexity index is 1050. The number of nitrogens with zero attached hydrogens (tertiary/aromatic N) is 3. The zero-order chi connectivity index (χ0) is 19.2. The van der Waals surface area contributed by atoms with E-state index < -0.39 is 0 Å². The first-order valence-corrected chi connectivity index (χ1v) is 10.4. The first-order valence-electron chi connectivity index (χ1n) is 8.71. The number of anilines is 2. The lowest BCUT2D eigenvalue weighted by Crippen LogP contribution is -2.01. The van der Waals surface area contributed by atoms with E-state index in [4.69, 9.17) is 4.74 Å². The summed E-state index contributed by atoms with van der Waals surface area (Å²) in [4.78, 5) is 14.3. The van der Waals surface area contributed by atoms with Gasteiger partial charge in [0, 0.05) is 22.7 Å². The Kier molecular flexibility index (Phi) is 7.46. The van der Waals surface area contributed by atoms with Gasteiger partial charge in [0.15, 0.2) is 16.7 Å². The van der Waals surface area contributed by atoms with Crippen LogP contribution in [0, 0.1) is 6.92 Å². The number of pyridine rings is 2. The van der Waals surface area contributed by atoms with Crippen molar-refractivity contribution in [1.29, 1.82) is 0 Å². The second-order valence-electron chi connectivity index (χ2n) is 5.98. The highest BCUT2D eigenvalue weighted by atomic mass is 35.5. The topological polar surface area (TPSA) is 59.9 Å². The van der Waals surface area contributed by atoms with E-state index in [0.29, 0.717) is 18.2 Å². The molecule has 1 aromatic carbocycles. The largest absolute Gasteiger partial charge is 0.485 e. The lowest BCUT2D eigenvalue weighted by atomic mass is 10.2. The van der Waals surface area contributed by atoms with Crippen molar-refractivity contribution in [1.82, 2.24) is 15.0 Å². The van der Waals surface area contributed by atoms with Crippen molar-refractivity contribution in [2.24, 2.45) is 0 Å². The molecule has 0 aliphatic carbocycles. The maximum absolute atomic E-state index is 6.10. The van der Waals surface area contributed by atoms with Crippen molar-refractivity contribution in [3.63, 3.8) is 0 Å². The van der Waals surface area contributed by atoms with Crippen LogP contribution in [0.15, 0.2) is 82.3 Å². The fourth-order valence-electron chi connectivity index (χ4n) is 2.46. The minimum atomic E-state index is 0. The lowest BCUT2D eigenvalue weighted by molar-refractivity contribution is 0.306. The van der Waals surface area contributed by atoms with Crippen molar-refractivity contribution in [2.75, 3.05) is 5.32 Å². The van der Waals surface area contributed by atoms with Crippen molar-refractivity contribution in [2.45, 2.75) is 23.5 Å². The molecule has 0 saturated heterocycles. The van der Waals surface area contributed by atoms with Gasteiger partial charge in [0.25, 0.3) is 0 Å². The quantitative estimate of drug-likeness (QED) is 0.371. The number of thiazole rings is 1. The first kappa shape index (κ1) is 21.1. The molecule has 0 spiro atoms. The predicted molar refractivity (Wildman–Crippen MR) is 121 cm³/mol. The third-order valence-electron chi connectivity index (χ3n) is 3.77. The Morgan fingerprint density at radius 2 is 1.90 bits per heavy atom. The second-order valence-corrected chi connectivity index (χ2v) is 7.93. The van der Waals surface area contributed by atoms with Crippen LogP contribution in [0.5, 0.6) is 5.75 Å². The highest BCUT2D eigenvalue weighted by Gasteiger charge is 2.11. The van der Waals surface area contributed by atoms with Crippen LogP contribution in [-0.4, -0.2) is 15.0 Å². The van der Waals surface area contributed by atoms with E-state index in [-0.39, 0.29) is 12.4 Å². The van der Waals surface area contributed by atoms with E-state index in [1.807, 2.05) is 73.1 Å². The van der Waals surface area contributed by atoms with Crippen LogP contribution in [-0.2, 0) is 6.61 Å². The number of nitrogens with one attached hydrogen (secondary N) is 1. The summed E-state index contributed by atoms with van der Waals surface area (Å²) in [6.07, 6.45) is 3.60. The fraction of sp³-hybridized carbons (Fsp3) is 0.0952. The van der Waals surface area contributed by atoms with Crippen LogP contribution in [0.4, 0.5) is 10.9 Å². The number of aromatic nitrogens is 3. The predicted octanol–water partition coefficient (Wildman–Crippen LogP) is 6.14. The molecule has 3 aromatic heterocycles. The molecular formula is C21H19ClN4OS2. The van der Waals surface area contributed by atoms with Crippen LogP contribution in [0.1, 0.15) is 11.3 Å². The molecule has 0 bridgehead atoms. The van der Waals surface area contributed by atoms with E-state index in [1.54, 1.807) is 29.3 Å². The Balaban J connectivity index is 0.00000240. The van der Waals surface area contributed by atoms with Gasteiger partial charge in [0.05, 0.1) is 5.69 Å². The zero-order valence-corrected chi connectivity index (χ0v) is 18.1. The van der Waals surface area contributed by atoms with Crippen LogP contribution in [0.2, 0.25) is 0 Å². The van der Waals surface area contributed by atoms with Gasteiger partial charge in [-0.05, 0) is 30.7 Å². The average Bonchev–Trinajstić information content (AvgIpc) is 3.14. The van der Waals surface area contributed by atoms with E-state index in [2.05, 4.69) is 20.3 Å². The molecule has 0 unspecified atom stereocenters. The molecule has 5 nitrogen and oxygen atoms in total. The highest BCUT2D eigenvalue weighted by molar-refractivity contribution is 7.99. The molecule has 4 aromatic rings. The molecular weight excluding hydrogens is 424 g/mol. The van der Waals surface area contributed by atoms with Gasteiger partial charge < -0.3 is 10.1 Å². The fourth-order valence-corrected chi connectivity index (χ4v) is 3.92. The summed E-state index contributed by atoms with van der Waals surface area (Å²) in [5.74, 6) is 1.33. The Morgan fingerprint density at radius 1 is 1.07 bits per heavy atom. The summed E-state index contributed by atoms with van der Waals surface area (Å²) in [5.41, 5.74) is 2.07. The molecule has 29 heavy (non-hydrogen) atoms. The van der Waals surface area contributed by atoms with Crippen LogP contribution in [0.25, 0.3) is 0 Å². The number of rotatable bonds is 7. The smallest absolute Gasteiger partial charge is 0.188 e. The molecule has 0 aliphatic rings. The summed E-state index contributed by atoms with van der Waals surface area (Å²) in [6.45, 7) is 2.43. The molecule has 1 N–H and O–H groups in total. The molecule has 0 aliphatic heterocycles. The number of ether oxygens (including phenoxy) is 1. The normalized spacial score (nSPS) is 10.2. The van der Waals surface area contributed by atoms with E-state index in [9.17, 15) is 0 Å². The van der Waals surface area contributed by atoms with Gasteiger partial charge in [0.2, 0.25) is 0 Å². The van der Waals surface area contributed by atoms with Crippen LogP contribution in [0.3, 0.4) is 0 Å². The Morgan fingerprint density at radius 3 is 2.62 bits per heavy atom. The van der Waals surface area contributed by atoms with Crippen molar-refractivity contribution >= 4 is 46.5 Å². The third-order valence-corrected chi connectivity index (χ3v) is 5.55. The van der Waals surface area contributed by atoms with Gasteiger partial charge in [-0.1, -0.05) is 48.2 Å². The third kappa shape index (κ3) is 5.93. The summed E-state index contributed by atoms with van der Waals surface area (Å²) in [7, 11) is 0. The van der Waals surface area contributed by atoms with Gasteiger partial charge in [-0.2, -0.15) is 0 Å². The minimum Gasteiger partial charge on any atom is -0.485 e. The SMILES string of the molecule is Cc1csc(Nc2ncc(Sc3ccccn3)cc2OCc2ccccc2)n1.Cl. The Hall–Kier alpha value is -2.61. The molecule has 0 saturated carbocycles. The molecule has 3 heterocycles. The molecule has 8 heteroatoms. The molecule has 0 fully saturated rings. The standard InChI is InChI=1S/C21H18N4OS2.ClH/c1-15-14-27-21(24-15)25-20-18(26-13-16-7-3-2-4-8-16)11-17(12-23-20)28-19-9-5-6-10-22-19;/h2-12,14H,13H2,1H3,(H,23,24,25);1H. The maximum atomic E-state index is 6.10. The first-order chi connectivity index (χ1) is 13.8. The highest BCUT2D eigenvalue weighted by Crippen LogP contribution is 2.34. The molecule has 148 valence electrons. The number of halogens is 1. The van der Waals surface area contributed by atoms with E-state index in [1.165, 1.54) is 0 Å². The molecule has 0 radical (unpaired) electrons. The van der Waals surface area contributed by atoms with Gasteiger partial charge in [-0.3, -0.25) is 0 Å². The average molecular weight is 443 g/mol. The number of hydrogen-bond donors (Lipinski definition) is 1. The van der Waals surface area contributed by atoms with E-state index in [0.717, 1.165) is 26.3 Å². The van der Waals surface area contributed by atoms with Crippen LogP contribution < -0.4 is 10.1 Å². The van der Waals surface area contributed by atoms with E-state index >= 15 is 0 Å². The monoisotopic (exact) mass is 442 g/mol. The number of aryl methyl sites for hydroxylation is 1. The van der Waals surface area contributed by atoms with Gasteiger partial charge >= 0.3 is 0 Å². The lowest BCUT2D eigenvalue weighted by Gasteiger charge is -2.13. The minimum absolute atomic E-state index is 0. The van der Waals surface area contributed by atoms with Crippen molar-refractivity contribution < 1.29 is 4.74 Å². The van der Waals surface area contributed by atoms with Gasteiger partial charge in [-0.15, -0.1) is 23.7 Å². The summed E-state index contributed by atoms with van der Waals surface area (Å²) >= 11 is 3.09. The second kappa shape index (κ2) is 10.2. The van der Waals surface area contributed by atoms with Crippen LogP contribution >= 0.6 is 35.5 Å². The summed E-state index contributed by atoms with van der Waals surface area (Å²) in [5, 5.41) is 6.97. The summed E-state index contributed by atoms with van der Waals surface area (Å²) < 4.78 is 6.10. The Labute approximate surface area is 184 Å². The van der Waals surface area contributed by atoms with Gasteiger partial charge in [-0.25, -0.2) is 15.0 Å². The number of hydrogen-bond acceptors (Lipinski definition) is 7. The summed E-state index contributed by atoms with van der Waals surface area (Å²) in [6, 6.07) is 17.9. The van der Waals surface area contributed by atoms with Gasteiger partial charge in [0.1, 0.15) is 11.6 Å². The molecule has 0 atom stereocenters.